The van der Waals surface area contributed by atoms with Gasteiger partial charge in [0.25, 0.3) is 0 Å². The van der Waals surface area contributed by atoms with Crippen molar-refractivity contribution in [2.45, 2.75) is 89.8 Å². The van der Waals surface area contributed by atoms with Crippen LogP contribution in [0.4, 0.5) is 0 Å². The summed E-state index contributed by atoms with van der Waals surface area (Å²) < 4.78 is 17.3. The fraction of sp³-hybridized carbons (Fsp3) is 0.833. The first-order valence-corrected chi connectivity index (χ1v) is 10.7. The van der Waals surface area contributed by atoms with E-state index in [-0.39, 0.29) is 24.3 Å². The summed E-state index contributed by atoms with van der Waals surface area (Å²) in [5, 5.41) is 0. The molecule has 4 nitrogen and oxygen atoms in total. The van der Waals surface area contributed by atoms with Crippen LogP contribution in [0.1, 0.15) is 54.9 Å². The number of ether oxygens (including phenoxy) is 2. The van der Waals surface area contributed by atoms with Crippen molar-refractivity contribution in [3.8, 4) is 12.3 Å². The number of hydrogen-bond donors (Lipinski definition) is 0. The van der Waals surface area contributed by atoms with Gasteiger partial charge in [-0.05, 0) is 16.6 Å². The standard InChI is InChI=1S/C18H32O4Si/c1-9-16(10-17(18-11-20-18)21-15(8)19)22-23(12(2)3,13(4)5)14(6)7/h1,12-14,16-18H,10-11H2,2-8H3. The largest absolute Gasteiger partial charge is 0.460 e. The van der Waals surface area contributed by atoms with Gasteiger partial charge in [0.1, 0.15) is 18.3 Å². The lowest BCUT2D eigenvalue weighted by Crippen LogP contribution is -2.50. The zero-order valence-corrected chi connectivity index (χ0v) is 16.6. The molecule has 0 N–H and O–H groups in total. The highest BCUT2D eigenvalue weighted by atomic mass is 28.4. The Labute approximate surface area is 142 Å². The number of carbonyl (C=O) groups excluding carboxylic acids is 1. The lowest BCUT2D eigenvalue weighted by Gasteiger charge is -2.44. The molecule has 1 fully saturated rings. The van der Waals surface area contributed by atoms with Crippen molar-refractivity contribution in [3.05, 3.63) is 0 Å². The SMILES string of the molecule is C#CC(CC(OC(C)=O)C1CO1)O[Si](C(C)C)(C(C)C)C(C)C. The fourth-order valence-corrected chi connectivity index (χ4v) is 9.25. The van der Waals surface area contributed by atoms with E-state index in [4.69, 9.17) is 20.3 Å². The van der Waals surface area contributed by atoms with Crippen molar-refractivity contribution in [1.82, 2.24) is 0 Å². The molecule has 132 valence electrons. The van der Waals surface area contributed by atoms with E-state index in [9.17, 15) is 4.79 Å². The Kier molecular flexibility index (Phi) is 7.31. The van der Waals surface area contributed by atoms with Crippen LogP contribution in [0, 0.1) is 12.3 Å². The maximum Gasteiger partial charge on any atom is 0.302 e. The smallest absolute Gasteiger partial charge is 0.302 e. The van der Waals surface area contributed by atoms with Gasteiger partial charge in [-0.15, -0.1) is 6.42 Å². The number of esters is 1. The van der Waals surface area contributed by atoms with Crippen molar-refractivity contribution >= 4 is 14.3 Å². The van der Waals surface area contributed by atoms with Crippen LogP contribution in [0.25, 0.3) is 0 Å². The molecule has 0 spiro atoms. The Morgan fingerprint density at radius 3 is 2.00 bits per heavy atom. The van der Waals surface area contributed by atoms with Crippen molar-refractivity contribution in [2.75, 3.05) is 6.61 Å². The van der Waals surface area contributed by atoms with Crippen LogP contribution >= 0.6 is 0 Å². The fourth-order valence-electron chi connectivity index (χ4n) is 3.77. The van der Waals surface area contributed by atoms with Crippen molar-refractivity contribution in [3.63, 3.8) is 0 Å². The van der Waals surface area contributed by atoms with Gasteiger partial charge >= 0.3 is 5.97 Å². The average molecular weight is 341 g/mol. The Bertz CT molecular complexity index is 413. The van der Waals surface area contributed by atoms with Crippen molar-refractivity contribution < 1.29 is 18.7 Å². The summed E-state index contributed by atoms with van der Waals surface area (Å²) in [4.78, 5) is 11.3. The van der Waals surface area contributed by atoms with Gasteiger partial charge in [0.2, 0.25) is 8.32 Å². The van der Waals surface area contributed by atoms with Gasteiger partial charge in [-0.3, -0.25) is 4.79 Å². The zero-order chi connectivity index (χ0) is 17.8. The van der Waals surface area contributed by atoms with Crippen LogP contribution in [0.5, 0.6) is 0 Å². The lowest BCUT2D eigenvalue weighted by atomic mass is 10.1. The molecule has 0 saturated carbocycles. The summed E-state index contributed by atoms with van der Waals surface area (Å²) in [5.41, 5.74) is 1.38. The number of terminal acetylenes is 1. The van der Waals surface area contributed by atoms with Gasteiger partial charge in [-0.1, -0.05) is 47.5 Å². The third kappa shape index (κ3) is 5.07. The molecule has 1 rings (SSSR count). The minimum atomic E-state index is -2.06. The second-order valence-electron chi connectivity index (χ2n) is 7.35. The van der Waals surface area contributed by atoms with E-state index in [1.54, 1.807) is 0 Å². The monoisotopic (exact) mass is 340 g/mol. The molecule has 0 bridgehead atoms. The molecule has 1 heterocycles. The maximum absolute atomic E-state index is 11.3. The molecular formula is C18H32O4Si. The molecule has 0 aromatic rings. The van der Waals surface area contributed by atoms with Crippen LogP contribution < -0.4 is 0 Å². The molecule has 1 saturated heterocycles. The van der Waals surface area contributed by atoms with E-state index in [0.717, 1.165) is 0 Å². The quantitative estimate of drug-likeness (QED) is 0.276. The summed E-state index contributed by atoms with van der Waals surface area (Å²) in [6.45, 7) is 15.4. The second kappa shape index (κ2) is 8.32. The van der Waals surface area contributed by atoms with Crippen LogP contribution in [0.2, 0.25) is 16.6 Å². The van der Waals surface area contributed by atoms with Crippen LogP contribution in [-0.4, -0.2) is 39.2 Å². The Morgan fingerprint density at radius 2 is 1.70 bits per heavy atom. The number of rotatable bonds is 9. The van der Waals surface area contributed by atoms with E-state index in [1.807, 2.05) is 0 Å². The Balaban J connectivity index is 2.90. The van der Waals surface area contributed by atoms with Gasteiger partial charge in [0.05, 0.1) is 6.61 Å². The Morgan fingerprint density at radius 1 is 1.22 bits per heavy atom. The molecular weight excluding hydrogens is 308 g/mol. The second-order valence-corrected chi connectivity index (χ2v) is 12.8. The molecule has 3 unspecified atom stereocenters. The van der Waals surface area contributed by atoms with Gasteiger partial charge in [0, 0.05) is 13.3 Å². The molecule has 0 aromatic carbocycles. The summed E-state index contributed by atoms with van der Waals surface area (Å²) >= 11 is 0. The summed E-state index contributed by atoms with van der Waals surface area (Å²) in [5.74, 6) is 2.47. The first-order valence-electron chi connectivity index (χ1n) is 8.57. The molecule has 0 radical (unpaired) electrons. The van der Waals surface area contributed by atoms with Gasteiger partial charge < -0.3 is 13.9 Å². The first-order chi connectivity index (χ1) is 10.6. The van der Waals surface area contributed by atoms with E-state index in [2.05, 4.69) is 47.5 Å². The Hall–Kier alpha value is -0.833. The topological polar surface area (TPSA) is 48.1 Å². The molecule has 0 aliphatic carbocycles. The first kappa shape index (κ1) is 20.2. The molecule has 0 amide bonds. The third-order valence-corrected chi connectivity index (χ3v) is 10.9. The van der Waals surface area contributed by atoms with E-state index >= 15 is 0 Å². The molecule has 3 atom stereocenters. The minimum absolute atomic E-state index is 0.0356. The van der Waals surface area contributed by atoms with Crippen LogP contribution in [0.3, 0.4) is 0 Å². The molecule has 23 heavy (non-hydrogen) atoms. The predicted octanol–water partition coefficient (Wildman–Crippen LogP) is 3.90. The third-order valence-electron chi connectivity index (χ3n) is 4.78. The molecule has 5 heteroatoms. The minimum Gasteiger partial charge on any atom is -0.460 e. The average Bonchev–Trinajstić information content (AvgIpc) is 3.24. The van der Waals surface area contributed by atoms with E-state index in [0.29, 0.717) is 29.7 Å². The zero-order valence-electron chi connectivity index (χ0n) is 15.6. The lowest BCUT2D eigenvalue weighted by molar-refractivity contribution is -0.148. The number of carbonyl (C=O) groups is 1. The van der Waals surface area contributed by atoms with Crippen molar-refractivity contribution in [1.29, 1.82) is 0 Å². The highest BCUT2D eigenvalue weighted by molar-refractivity contribution is 6.77. The van der Waals surface area contributed by atoms with Gasteiger partial charge in [-0.2, -0.15) is 0 Å². The maximum atomic E-state index is 11.3. The normalized spacial score (nSPS) is 20.5. The highest BCUT2D eigenvalue weighted by Crippen LogP contribution is 2.43. The summed E-state index contributed by atoms with van der Waals surface area (Å²) in [6, 6.07) is 0. The van der Waals surface area contributed by atoms with Crippen molar-refractivity contribution in [2.24, 2.45) is 0 Å². The molecule has 1 aliphatic heterocycles. The number of epoxide rings is 1. The predicted molar refractivity (Wildman–Crippen MR) is 94.7 cm³/mol. The van der Waals surface area contributed by atoms with Crippen LogP contribution in [0.15, 0.2) is 0 Å². The van der Waals surface area contributed by atoms with Gasteiger partial charge in [0.15, 0.2) is 0 Å². The summed E-state index contributed by atoms with van der Waals surface area (Å²) in [7, 11) is -2.06. The van der Waals surface area contributed by atoms with E-state index in [1.165, 1.54) is 6.92 Å². The van der Waals surface area contributed by atoms with E-state index < -0.39 is 8.32 Å². The van der Waals surface area contributed by atoms with Gasteiger partial charge in [-0.25, -0.2) is 0 Å². The highest BCUT2D eigenvalue weighted by Gasteiger charge is 2.47. The molecule has 1 aliphatic rings. The molecule has 0 aromatic heterocycles. The van der Waals surface area contributed by atoms with Crippen LogP contribution in [-0.2, 0) is 18.7 Å². The summed E-state index contributed by atoms with van der Waals surface area (Å²) in [6.07, 6.45) is 5.55. The number of hydrogen-bond acceptors (Lipinski definition) is 4.